The highest BCUT2D eigenvalue weighted by atomic mass is 16.2. The maximum absolute atomic E-state index is 11.8. The third-order valence-electron chi connectivity index (χ3n) is 3.45. The number of carbonyl (C=O) groups excluding carboxylic acids is 3. The number of likely N-dealkylation sites (tertiary alicyclic amines) is 1. The summed E-state index contributed by atoms with van der Waals surface area (Å²) in [6.45, 7) is 5.90. The van der Waals surface area contributed by atoms with E-state index < -0.39 is 5.91 Å². The molecular weight excluding hydrogens is 272 g/mol. The first-order valence-corrected chi connectivity index (χ1v) is 7.22. The van der Waals surface area contributed by atoms with Crippen molar-refractivity contribution in [2.75, 3.05) is 39.8 Å². The van der Waals surface area contributed by atoms with Crippen molar-refractivity contribution in [3.8, 4) is 0 Å². The molecule has 0 aromatic rings. The van der Waals surface area contributed by atoms with Gasteiger partial charge in [0.1, 0.15) is 0 Å². The first kappa shape index (κ1) is 17.6. The maximum Gasteiger partial charge on any atom is 0.246 e. The van der Waals surface area contributed by atoms with E-state index >= 15 is 0 Å². The molecule has 1 fully saturated rings. The summed E-state index contributed by atoms with van der Waals surface area (Å²) in [7, 11) is 1.81. The molecule has 1 heterocycles. The van der Waals surface area contributed by atoms with Gasteiger partial charge in [0.25, 0.3) is 0 Å². The quantitative estimate of drug-likeness (QED) is 0.639. The number of carbonyl (C=O) groups is 3. The third kappa shape index (κ3) is 6.22. The number of nitrogens with one attached hydrogen (secondary N) is 1. The Labute approximate surface area is 125 Å². The lowest BCUT2D eigenvalue weighted by molar-refractivity contribution is -0.136. The number of imide groups is 1. The van der Waals surface area contributed by atoms with E-state index in [4.69, 9.17) is 5.73 Å². The minimum Gasteiger partial charge on any atom is -0.333 e. The zero-order valence-electron chi connectivity index (χ0n) is 13.1. The molecule has 3 amide bonds. The van der Waals surface area contributed by atoms with Gasteiger partial charge in [-0.25, -0.2) is 0 Å². The number of rotatable bonds is 7. The van der Waals surface area contributed by atoms with Gasteiger partial charge in [0.15, 0.2) is 0 Å². The van der Waals surface area contributed by atoms with Crippen LogP contribution in [0, 0.1) is 5.41 Å². The molecule has 7 nitrogen and oxygen atoms in total. The van der Waals surface area contributed by atoms with Crippen LogP contribution in [0.4, 0.5) is 0 Å². The first-order chi connectivity index (χ1) is 9.73. The van der Waals surface area contributed by atoms with Gasteiger partial charge < -0.3 is 10.6 Å². The van der Waals surface area contributed by atoms with Crippen molar-refractivity contribution in [3.05, 3.63) is 0 Å². The van der Waals surface area contributed by atoms with Gasteiger partial charge in [-0.15, -0.1) is 0 Å². The Morgan fingerprint density at radius 2 is 2.05 bits per heavy atom. The van der Waals surface area contributed by atoms with Crippen molar-refractivity contribution in [1.82, 2.24) is 15.1 Å². The highest BCUT2D eigenvalue weighted by molar-refractivity contribution is 5.98. The molecule has 1 aliphatic heterocycles. The second kappa shape index (κ2) is 7.51. The van der Waals surface area contributed by atoms with E-state index in [0.29, 0.717) is 26.1 Å². The van der Waals surface area contributed by atoms with Crippen LogP contribution in [0.5, 0.6) is 0 Å². The van der Waals surface area contributed by atoms with Gasteiger partial charge >= 0.3 is 0 Å². The normalized spacial score (nSPS) is 15.7. The average Bonchev–Trinajstić information content (AvgIpc) is 2.73. The Morgan fingerprint density at radius 1 is 1.38 bits per heavy atom. The largest absolute Gasteiger partial charge is 0.333 e. The summed E-state index contributed by atoms with van der Waals surface area (Å²) < 4.78 is 0. The minimum atomic E-state index is -0.429. The van der Waals surface area contributed by atoms with E-state index in [-0.39, 0.29) is 30.3 Å². The molecule has 1 aliphatic rings. The molecule has 1 rings (SSSR count). The van der Waals surface area contributed by atoms with Gasteiger partial charge in [0.05, 0.1) is 13.1 Å². The molecular formula is C14H26N4O3. The SMILES string of the molecule is CN(CC(=O)NC(=O)CN1CCCC1=O)CC(C)(C)CN. The molecule has 1 saturated heterocycles. The first-order valence-electron chi connectivity index (χ1n) is 7.22. The number of likely N-dealkylation sites (N-methyl/N-ethyl adjacent to an activating group) is 1. The lowest BCUT2D eigenvalue weighted by Crippen LogP contribution is -2.46. The van der Waals surface area contributed by atoms with Crippen molar-refractivity contribution < 1.29 is 14.4 Å². The van der Waals surface area contributed by atoms with Crippen LogP contribution in [-0.2, 0) is 14.4 Å². The van der Waals surface area contributed by atoms with Crippen molar-refractivity contribution in [1.29, 1.82) is 0 Å². The van der Waals surface area contributed by atoms with Crippen LogP contribution in [0.15, 0.2) is 0 Å². The number of hydrogen-bond donors (Lipinski definition) is 2. The summed E-state index contributed by atoms with van der Waals surface area (Å²) in [4.78, 5) is 38.2. The molecule has 0 unspecified atom stereocenters. The fourth-order valence-corrected chi connectivity index (χ4v) is 2.38. The van der Waals surface area contributed by atoms with Crippen LogP contribution in [0.25, 0.3) is 0 Å². The van der Waals surface area contributed by atoms with Gasteiger partial charge in [0.2, 0.25) is 17.7 Å². The zero-order valence-corrected chi connectivity index (χ0v) is 13.1. The highest BCUT2D eigenvalue weighted by Crippen LogP contribution is 2.13. The van der Waals surface area contributed by atoms with Crippen LogP contribution in [-0.4, -0.2) is 67.3 Å². The molecule has 0 atom stereocenters. The molecule has 0 saturated carbocycles. The van der Waals surface area contributed by atoms with Crippen molar-refractivity contribution >= 4 is 17.7 Å². The Balaban J connectivity index is 2.32. The lowest BCUT2D eigenvalue weighted by atomic mass is 9.93. The van der Waals surface area contributed by atoms with E-state index in [1.807, 2.05) is 25.8 Å². The van der Waals surface area contributed by atoms with Crippen LogP contribution in [0.2, 0.25) is 0 Å². The standard InChI is InChI=1S/C14H26N4O3/c1-14(2,9-15)10-17(3)7-11(19)16-12(20)8-18-6-4-5-13(18)21/h4-10,15H2,1-3H3,(H,16,19,20). The van der Waals surface area contributed by atoms with Crippen LogP contribution < -0.4 is 11.1 Å². The third-order valence-corrected chi connectivity index (χ3v) is 3.45. The van der Waals surface area contributed by atoms with Gasteiger partial charge in [-0.2, -0.15) is 0 Å². The second-order valence-electron chi connectivity index (χ2n) is 6.43. The monoisotopic (exact) mass is 298 g/mol. The zero-order chi connectivity index (χ0) is 16.0. The smallest absolute Gasteiger partial charge is 0.246 e. The van der Waals surface area contributed by atoms with E-state index in [1.165, 1.54) is 4.90 Å². The fourth-order valence-electron chi connectivity index (χ4n) is 2.38. The van der Waals surface area contributed by atoms with Gasteiger partial charge in [0, 0.05) is 19.5 Å². The number of amides is 3. The molecule has 0 aromatic heterocycles. The van der Waals surface area contributed by atoms with Crippen LogP contribution in [0.1, 0.15) is 26.7 Å². The molecule has 0 aromatic carbocycles. The molecule has 120 valence electrons. The van der Waals surface area contributed by atoms with E-state index in [2.05, 4.69) is 5.32 Å². The Hall–Kier alpha value is -1.47. The maximum atomic E-state index is 11.8. The summed E-state index contributed by atoms with van der Waals surface area (Å²) in [6.07, 6.45) is 1.26. The van der Waals surface area contributed by atoms with Crippen LogP contribution in [0.3, 0.4) is 0 Å². The fraction of sp³-hybridized carbons (Fsp3) is 0.786. The van der Waals surface area contributed by atoms with E-state index in [0.717, 1.165) is 6.42 Å². The summed E-state index contributed by atoms with van der Waals surface area (Å²) in [5.41, 5.74) is 5.57. The predicted octanol–water partition coefficient (Wildman–Crippen LogP) is -0.832. The summed E-state index contributed by atoms with van der Waals surface area (Å²) >= 11 is 0. The molecule has 0 bridgehead atoms. The topological polar surface area (TPSA) is 95.7 Å². The van der Waals surface area contributed by atoms with E-state index in [1.54, 1.807) is 0 Å². The van der Waals surface area contributed by atoms with Crippen molar-refractivity contribution in [2.24, 2.45) is 11.1 Å². The Morgan fingerprint density at radius 3 is 2.57 bits per heavy atom. The highest BCUT2D eigenvalue weighted by Gasteiger charge is 2.24. The predicted molar refractivity (Wildman–Crippen MR) is 79.3 cm³/mol. The molecule has 7 heteroatoms. The van der Waals surface area contributed by atoms with E-state index in [9.17, 15) is 14.4 Å². The number of hydrogen-bond acceptors (Lipinski definition) is 5. The van der Waals surface area contributed by atoms with Gasteiger partial charge in [-0.1, -0.05) is 13.8 Å². The van der Waals surface area contributed by atoms with Gasteiger partial charge in [-0.05, 0) is 25.4 Å². The molecule has 3 N–H and O–H groups in total. The molecule has 21 heavy (non-hydrogen) atoms. The summed E-state index contributed by atoms with van der Waals surface area (Å²) in [5.74, 6) is -0.817. The van der Waals surface area contributed by atoms with Crippen molar-refractivity contribution in [3.63, 3.8) is 0 Å². The average molecular weight is 298 g/mol. The second-order valence-corrected chi connectivity index (χ2v) is 6.43. The molecule has 0 spiro atoms. The van der Waals surface area contributed by atoms with Crippen LogP contribution >= 0.6 is 0 Å². The Kier molecular flexibility index (Phi) is 6.29. The lowest BCUT2D eigenvalue weighted by Gasteiger charge is -2.28. The minimum absolute atomic E-state index is 0.0283. The van der Waals surface area contributed by atoms with Crippen molar-refractivity contribution in [2.45, 2.75) is 26.7 Å². The molecule has 0 aliphatic carbocycles. The number of nitrogens with two attached hydrogens (primary N) is 1. The number of nitrogens with zero attached hydrogens (tertiary/aromatic N) is 2. The molecule has 0 radical (unpaired) electrons. The summed E-state index contributed by atoms with van der Waals surface area (Å²) in [5, 5.41) is 2.32. The Bertz CT molecular complexity index is 409. The summed E-state index contributed by atoms with van der Waals surface area (Å²) in [6, 6.07) is 0. The van der Waals surface area contributed by atoms with Gasteiger partial charge in [-0.3, -0.25) is 24.6 Å².